The maximum Gasteiger partial charge on any atom is 0.226 e. The second-order valence-electron chi connectivity index (χ2n) is 7.29. The van der Waals surface area contributed by atoms with E-state index in [9.17, 15) is 9.18 Å². The molecule has 1 aromatic heterocycles. The van der Waals surface area contributed by atoms with Crippen molar-refractivity contribution in [1.29, 1.82) is 0 Å². The Balaban J connectivity index is 1.47. The maximum atomic E-state index is 14.7. The topological polar surface area (TPSA) is 76.1 Å². The van der Waals surface area contributed by atoms with E-state index in [4.69, 9.17) is 4.74 Å². The molecule has 1 aromatic rings. The van der Waals surface area contributed by atoms with Gasteiger partial charge in [0.25, 0.3) is 0 Å². The Morgan fingerprint density at radius 1 is 1.36 bits per heavy atom. The number of aromatic nitrogens is 2. The monoisotopic (exact) mass is 350 g/mol. The van der Waals surface area contributed by atoms with Gasteiger partial charge >= 0.3 is 0 Å². The van der Waals surface area contributed by atoms with E-state index in [0.29, 0.717) is 37.0 Å². The molecule has 2 aliphatic carbocycles. The zero-order chi connectivity index (χ0) is 18.1. The quantitative estimate of drug-likeness (QED) is 0.754. The summed E-state index contributed by atoms with van der Waals surface area (Å²) < 4.78 is 20.1. The zero-order valence-electron chi connectivity index (χ0n) is 15.2. The van der Waals surface area contributed by atoms with Crippen LogP contribution in [0.1, 0.15) is 51.8 Å². The van der Waals surface area contributed by atoms with Crippen molar-refractivity contribution < 1.29 is 13.9 Å². The molecule has 0 unspecified atom stereocenters. The molecule has 2 saturated carbocycles. The van der Waals surface area contributed by atoms with Crippen molar-refractivity contribution in [2.75, 3.05) is 18.5 Å². The van der Waals surface area contributed by atoms with Gasteiger partial charge in [-0.1, -0.05) is 6.92 Å². The third-order valence-corrected chi connectivity index (χ3v) is 5.26. The van der Waals surface area contributed by atoms with Crippen LogP contribution in [0.15, 0.2) is 6.07 Å². The highest BCUT2D eigenvalue weighted by Gasteiger charge is 2.51. The van der Waals surface area contributed by atoms with Crippen LogP contribution in [-0.4, -0.2) is 40.7 Å². The minimum atomic E-state index is -1.31. The van der Waals surface area contributed by atoms with Crippen LogP contribution >= 0.6 is 0 Å². The van der Waals surface area contributed by atoms with E-state index in [0.717, 1.165) is 19.3 Å². The molecule has 25 heavy (non-hydrogen) atoms. The summed E-state index contributed by atoms with van der Waals surface area (Å²) in [5.41, 5.74) is -1.48. The summed E-state index contributed by atoms with van der Waals surface area (Å²) in [5.74, 6) is 1.72. The Bertz CT molecular complexity index is 642. The number of hydrogen-bond donors (Lipinski definition) is 2. The summed E-state index contributed by atoms with van der Waals surface area (Å²) in [4.78, 5) is 20.6. The van der Waals surface area contributed by atoms with Crippen LogP contribution in [0, 0.1) is 12.3 Å². The van der Waals surface area contributed by atoms with Gasteiger partial charge in [0.15, 0.2) is 0 Å². The average molecular weight is 350 g/mol. The van der Waals surface area contributed by atoms with Crippen LogP contribution in [0.3, 0.4) is 0 Å². The summed E-state index contributed by atoms with van der Waals surface area (Å²) in [5, 5.41) is 6.04. The summed E-state index contributed by atoms with van der Waals surface area (Å²) in [6.07, 6.45) is 3.46. The Labute approximate surface area is 148 Å². The highest BCUT2D eigenvalue weighted by atomic mass is 19.1. The lowest BCUT2D eigenvalue weighted by Crippen LogP contribution is -2.56. The molecule has 0 aliphatic heterocycles. The Morgan fingerprint density at radius 3 is 2.68 bits per heavy atom. The van der Waals surface area contributed by atoms with Crippen LogP contribution in [0.4, 0.5) is 10.2 Å². The Morgan fingerprint density at radius 2 is 2.08 bits per heavy atom. The van der Waals surface area contributed by atoms with Crippen molar-refractivity contribution in [2.45, 2.75) is 64.6 Å². The summed E-state index contributed by atoms with van der Waals surface area (Å²) in [7, 11) is 0. The van der Waals surface area contributed by atoms with Gasteiger partial charge in [0.1, 0.15) is 17.3 Å². The van der Waals surface area contributed by atoms with E-state index in [1.165, 1.54) is 0 Å². The fraction of sp³-hybridized carbons (Fsp3) is 0.722. The second kappa shape index (κ2) is 6.77. The minimum absolute atomic E-state index is 0.0607. The van der Waals surface area contributed by atoms with Gasteiger partial charge in [0, 0.05) is 30.4 Å². The number of amides is 1. The number of rotatable bonds is 8. The first-order valence-electron chi connectivity index (χ1n) is 9.10. The summed E-state index contributed by atoms with van der Waals surface area (Å²) in [6.45, 7) is 6.38. The standard InChI is InChI=1S/C18H27FN4O2/c1-4-17(6-7-17)16(24)23-13-9-18(19,10-13)11-20-14-8-15(25-5-2)22-12(3)21-14/h8,13H,4-7,9-11H2,1-3H3,(H,23,24)(H,20,21,22). The predicted molar refractivity (Wildman–Crippen MR) is 93.4 cm³/mol. The third kappa shape index (κ3) is 4.02. The van der Waals surface area contributed by atoms with Crippen molar-refractivity contribution in [1.82, 2.24) is 15.3 Å². The number of halogens is 1. The molecule has 2 N–H and O–H groups in total. The van der Waals surface area contributed by atoms with Gasteiger partial charge < -0.3 is 15.4 Å². The predicted octanol–water partition coefficient (Wildman–Crippen LogP) is 2.77. The SMILES string of the molecule is CCOc1cc(NCC2(F)CC(NC(=O)C3(CC)CC3)C2)nc(C)n1. The number of aryl methyl sites for hydroxylation is 1. The number of carbonyl (C=O) groups is 1. The third-order valence-electron chi connectivity index (χ3n) is 5.26. The van der Waals surface area contributed by atoms with Crippen LogP contribution < -0.4 is 15.4 Å². The molecule has 138 valence electrons. The summed E-state index contributed by atoms with van der Waals surface area (Å²) >= 11 is 0. The number of ether oxygens (including phenoxy) is 1. The number of anilines is 1. The van der Waals surface area contributed by atoms with Gasteiger partial charge in [-0.25, -0.2) is 9.37 Å². The number of carbonyl (C=O) groups excluding carboxylic acids is 1. The fourth-order valence-electron chi connectivity index (χ4n) is 3.40. The number of alkyl halides is 1. The van der Waals surface area contributed by atoms with E-state index in [-0.39, 0.29) is 23.9 Å². The average Bonchev–Trinajstić information content (AvgIpc) is 3.32. The summed E-state index contributed by atoms with van der Waals surface area (Å²) in [6, 6.07) is 1.62. The lowest BCUT2D eigenvalue weighted by Gasteiger charge is -2.42. The van der Waals surface area contributed by atoms with Crippen molar-refractivity contribution in [3.63, 3.8) is 0 Å². The van der Waals surface area contributed by atoms with Crippen LogP contribution in [-0.2, 0) is 4.79 Å². The van der Waals surface area contributed by atoms with Crippen molar-refractivity contribution >= 4 is 11.7 Å². The van der Waals surface area contributed by atoms with Crippen molar-refractivity contribution in [2.24, 2.45) is 5.41 Å². The highest BCUT2D eigenvalue weighted by Crippen LogP contribution is 2.49. The Kier molecular flexibility index (Phi) is 4.84. The lowest BCUT2D eigenvalue weighted by molar-refractivity contribution is -0.129. The van der Waals surface area contributed by atoms with Crippen molar-refractivity contribution in [3.05, 3.63) is 11.9 Å². The first kappa shape index (κ1) is 17.9. The molecular formula is C18H27FN4O2. The Hall–Kier alpha value is -1.92. The molecule has 0 radical (unpaired) electrons. The number of nitrogens with zero attached hydrogens (tertiary/aromatic N) is 2. The molecule has 0 bridgehead atoms. The van der Waals surface area contributed by atoms with Gasteiger partial charge in [-0.3, -0.25) is 4.79 Å². The lowest BCUT2D eigenvalue weighted by atomic mass is 9.76. The highest BCUT2D eigenvalue weighted by molar-refractivity contribution is 5.85. The minimum Gasteiger partial charge on any atom is -0.478 e. The number of nitrogens with one attached hydrogen (secondary N) is 2. The maximum absolute atomic E-state index is 14.7. The molecule has 0 atom stereocenters. The zero-order valence-corrected chi connectivity index (χ0v) is 15.2. The first-order chi connectivity index (χ1) is 11.9. The first-order valence-corrected chi connectivity index (χ1v) is 9.10. The molecule has 3 rings (SSSR count). The fourth-order valence-corrected chi connectivity index (χ4v) is 3.40. The normalized spacial score (nSPS) is 26.5. The van der Waals surface area contributed by atoms with E-state index in [1.807, 2.05) is 13.8 Å². The second-order valence-corrected chi connectivity index (χ2v) is 7.29. The van der Waals surface area contributed by atoms with E-state index in [1.54, 1.807) is 13.0 Å². The smallest absolute Gasteiger partial charge is 0.226 e. The number of hydrogen-bond acceptors (Lipinski definition) is 5. The van der Waals surface area contributed by atoms with Crippen molar-refractivity contribution in [3.8, 4) is 5.88 Å². The molecule has 1 amide bonds. The van der Waals surface area contributed by atoms with Gasteiger partial charge in [-0.2, -0.15) is 4.98 Å². The molecule has 0 spiro atoms. The van der Waals surface area contributed by atoms with Crippen LogP contribution in [0.5, 0.6) is 5.88 Å². The van der Waals surface area contributed by atoms with Gasteiger partial charge in [0.2, 0.25) is 11.8 Å². The van der Waals surface area contributed by atoms with Gasteiger partial charge in [-0.05, 0) is 33.1 Å². The van der Waals surface area contributed by atoms with E-state index in [2.05, 4.69) is 20.6 Å². The molecule has 2 fully saturated rings. The largest absolute Gasteiger partial charge is 0.478 e. The molecule has 2 aliphatic rings. The van der Waals surface area contributed by atoms with Crippen LogP contribution in [0.25, 0.3) is 0 Å². The van der Waals surface area contributed by atoms with E-state index >= 15 is 0 Å². The van der Waals surface area contributed by atoms with Gasteiger partial charge in [0.05, 0.1) is 13.2 Å². The molecule has 6 nitrogen and oxygen atoms in total. The molecule has 1 heterocycles. The van der Waals surface area contributed by atoms with E-state index < -0.39 is 5.67 Å². The molecule has 7 heteroatoms. The van der Waals surface area contributed by atoms with Gasteiger partial charge in [-0.15, -0.1) is 0 Å². The van der Waals surface area contributed by atoms with Crippen LogP contribution in [0.2, 0.25) is 0 Å². The molecule has 0 aromatic carbocycles. The molecular weight excluding hydrogens is 323 g/mol. The molecule has 0 saturated heterocycles.